The minimum Gasteiger partial charge on any atom is -0.388 e. The zero-order valence-electron chi connectivity index (χ0n) is 5.35. The maximum atomic E-state index is 4.25. The van der Waals surface area contributed by atoms with Gasteiger partial charge in [0.25, 0.3) is 0 Å². The van der Waals surface area contributed by atoms with Gasteiger partial charge in [0.2, 0.25) is 0 Å². The van der Waals surface area contributed by atoms with Crippen molar-refractivity contribution in [1.29, 1.82) is 0 Å². The Morgan fingerprint density at radius 3 is 2.38 bits per heavy atom. The summed E-state index contributed by atoms with van der Waals surface area (Å²) >= 11 is 0. The van der Waals surface area contributed by atoms with E-state index < -0.39 is 0 Å². The van der Waals surface area contributed by atoms with Gasteiger partial charge in [0.1, 0.15) is 0 Å². The Hall–Kier alpha value is -0.570. The number of methoxy groups -OCH3 is 1. The molecule has 1 aliphatic rings. The molecule has 1 rings (SSSR count). The SMILES string of the molecule is C1=NCCN1.COC. The van der Waals surface area contributed by atoms with Crippen LogP contribution in [0.25, 0.3) is 0 Å². The molecule has 48 valence electrons. The molecule has 1 heterocycles. The van der Waals surface area contributed by atoms with Gasteiger partial charge >= 0.3 is 0 Å². The smallest absolute Gasteiger partial charge is 0.0825 e. The first-order valence-corrected chi connectivity index (χ1v) is 2.53. The van der Waals surface area contributed by atoms with E-state index in [1.54, 1.807) is 20.6 Å². The second-order valence-electron chi connectivity index (χ2n) is 1.40. The van der Waals surface area contributed by atoms with Crippen LogP contribution in [-0.4, -0.2) is 33.6 Å². The number of aliphatic imine (C=N–C) groups is 1. The van der Waals surface area contributed by atoms with Crippen LogP contribution in [0, 0.1) is 0 Å². The lowest BCUT2D eigenvalue weighted by Crippen LogP contribution is -2.04. The molecule has 8 heavy (non-hydrogen) atoms. The van der Waals surface area contributed by atoms with Gasteiger partial charge in [-0.25, -0.2) is 0 Å². The third-order valence-corrected chi connectivity index (χ3v) is 0.568. The highest BCUT2D eigenvalue weighted by Crippen LogP contribution is 1.68. The predicted octanol–water partition coefficient (Wildman–Crippen LogP) is -0.120. The summed E-state index contributed by atoms with van der Waals surface area (Å²) in [6, 6.07) is 0. The summed E-state index contributed by atoms with van der Waals surface area (Å²) in [5, 5.41) is 2.93. The van der Waals surface area contributed by atoms with E-state index in [0.717, 1.165) is 13.1 Å². The van der Waals surface area contributed by atoms with Crippen LogP contribution in [-0.2, 0) is 4.74 Å². The predicted molar refractivity (Wildman–Crippen MR) is 34.3 cm³/mol. The summed E-state index contributed by atoms with van der Waals surface area (Å²) in [4.78, 5) is 3.85. The van der Waals surface area contributed by atoms with Crippen molar-refractivity contribution in [1.82, 2.24) is 5.32 Å². The molecule has 0 aliphatic carbocycles. The summed E-state index contributed by atoms with van der Waals surface area (Å²) in [7, 11) is 3.25. The molecule has 0 saturated carbocycles. The first-order valence-electron chi connectivity index (χ1n) is 2.53. The summed E-state index contributed by atoms with van der Waals surface area (Å²) in [5.74, 6) is 0. The molecule has 0 atom stereocenters. The third-order valence-electron chi connectivity index (χ3n) is 0.568. The Labute approximate surface area is 49.8 Å². The molecule has 0 spiro atoms. The molecule has 1 N–H and O–H groups in total. The van der Waals surface area contributed by atoms with Crippen molar-refractivity contribution in [2.24, 2.45) is 4.99 Å². The van der Waals surface area contributed by atoms with Crippen LogP contribution >= 0.6 is 0 Å². The molecule has 1 aliphatic heterocycles. The first-order chi connectivity index (χ1) is 3.91. The monoisotopic (exact) mass is 116 g/mol. The Kier molecular flexibility index (Phi) is 5.97. The number of nitrogens with zero attached hydrogens (tertiary/aromatic N) is 1. The quantitative estimate of drug-likeness (QED) is 0.478. The minimum atomic E-state index is 0.958. The van der Waals surface area contributed by atoms with Crippen LogP contribution in [0.1, 0.15) is 0 Å². The van der Waals surface area contributed by atoms with Gasteiger partial charge in [0.05, 0.1) is 12.9 Å². The number of hydrogen-bond acceptors (Lipinski definition) is 3. The van der Waals surface area contributed by atoms with Gasteiger partial charge in [-0.1, -0.05) is 0 Å². The van der Waals surface area contributed by atoms with Crippen molar-refractivity contribution in [2.45, 2.75) is 0 Å². The molecule has 0 radical (unpaired) electrons. The highest BCUT2D eigenvalue weighted by molar-refractivity contribution is 5.56. The topological polar surface area (TPSA) is 33.6 Å². The molecule has 0 unspecified atom stereocenters. The molecule has 0 aromatic rings. The molecular formula is C5H12N2O. The fourth-order valence-corrected chi connectivity index (χ4v) is 0.323. The van der Waals surface area contributed by atoms with E-state index in [-0.39, 0.29) is 0 Å². The Morgan fingerprint density at radius 2 is 2.25 bits per heavy atom. The first kappa shape index (κ1) is 7.43. The van der Waals surface area contributed by atoms with Gasteiger partial charge in [-0.05, 0) is 0 Å². The average molecular weight is 116 g/mol. The van der Waals surface area contributed by atoms with Gasteiger partial charge in [-0.3, -0.25) is 4.99 Å². The maximum absolute atomic E-state index is 4.25. The van der Waals surface area contributed by atoms with E-state index in [2.05, 4.69) is 15.0 Å². The second kappa shape index (κ2) is 6.43. The molecule has 0 saturated heterocycles. The Morgan fingerprint density at radius 1 is 1.62 bits per heavy atom. The van der Waals surface area contributed by atoms with Crippen molar-refractivity contribution < 1.29 is 4.74 Å². The molecule has 0 fully saturated rings. The fraction of sp³-hybridized carbons (Fsp3) is 0.800. The van der Waals surface area contributed by atoms with Crippen LogP contribution in [0.3, 0.4) is 0 Å². The van der Waals surface area contributed by atoms with Crippen molar-refractivity contribution in [2.75, 3.05) is 27.3 Å². The Balaban J connectivity index is 0.000000145. The number of hydrogen-bond donors (Lipinski definition) is 1. The van der Waals surface area contributed by atoms with Crippen LogP contribution in [0.5, 0.6) is 0 Å². The van der Waals surface area contributed by atoms with Gasteiger partial charge < -0.3 is 10.1 Å². The zero-order valence-corrected chi connectivity index (χ0v) is 5.35. The molecule has 0 bridgehead atoms. The van der Waals surface area contributed by atoms with Gasteiger partial charge in [0.15, 0.2) is 0 Å². The zero-order chi connectivity index (χ0) is 6.24. The molecule has 0 amide bonds. The van der Waals surface area contributed by atoms with Crippen molar-refractivity contribution in [3.63, 3.8) is 0 Å². The number of nitrogens with one attached hydrogen (secondary N) is 1. The lowest BCUT2D eigenvalue weighted by molar-refractivity contribution is 0.277. The van der Waals surface area contributed by atoms with E-state index in [9.17, 15) is 0 Å². The largest absolute Gasteiger partial charge is 0.388 e. The van der Waals surface area contributed by atoms with E-state index in [0.29, 0.717) is 0 Å². The van der Waals surface area contributed by atoms with E-state index in [1.165, 1.54) is 0 Å². The van der Waals surface area contributed by atoms with Crippen LogP contribution in [0.2, 0.25) is 0 Å². The fourth-order valence-electron chi connectivity index (χ4n) is 0.323. The van der Waals surface area contributed by atoms with Crippen molar-refractivity contribution in [3.05, 3.63) is 0 Å². The molecule has 0 aromatic carbocycles. The van der Waals surface area contributed by atoms with Gasteiger partial charge in [0, 0.05) is 20.8 Å². The number of rotatable bonds is 0. The van der Waals surface area contributed by atoms with Crippen LogP contribution in [0.15, 0.2) is 4.99 Å². The molecule has 3 nitrogen and oxygen atoms in total. The van der Waals surface area contributed by atoms with Gasteiger partial charge in [-0.15, -0.1) is 0 Å². The molecule has 3 heteroatoms. The van der Waals surface area contributed by atoms with E-state index in [4.69, 9.17) is 0 Å². The molecule has 0 aromatic heterocycles. The number of ether oxygens (including phenoxy) is 1. The van der Waals surface area contributed by atoms with Crippen LogP contribution in [0.4, 0.5) is 0 Å². The lowest BCUT2D eigenvalue weighted by Gasteiger charge is -1.75. The summed E-state index contributed by atoms with van der Waals surface area (Å²) in [5.41, 5.74) is 0. The normalized spacial score (nSPS) is 14.2. The summed E-state index contributed by atoms with van der Waals surface area (Å²) < 4.78 is 4.25. The van der Waals surface area contributed by atoms with Crippen molar-refractivity contribution >= 4 is 6.34 Å². The highest BCUT2D eigenvalue weighted by Gasteiger charge is 1.82. The van der Waals surface area contributed by atoms with E-state index in [1.807, 2.05) is 0 Å². The second-order valence-corrected chi connectivity index (χ2v) is 1.40. The standard InChI is InChI=1S/C3H6N2.C2H6O/c1-2-5-3-4-1;1-3-2/h3H,1-2H2,(H,4,5);1-2H3. The average Bonchev–Trinajstić information content (AvgIpc) is 2.17. The molecular weight excluding hydrogens is 104 g/mol. The highest BCUT2D eigenvalue weighted by atomic mass is 16.4. The van der Waals surface area contributed by atoms with Gasteiger partial charge in [-0.2, -0.15) is 0 Å². The maximum Gasteiger partial charge on any atom is 0.0825 e. The third kappa shape index (κ3) is 5.43. The minimum absolute atomic E-state index is 0.958. The summed E-state index contributed by atoms with van der Waals surface area (Å²) in [6.45, 7) is 1.99. The van der Waals surface area contributed by atoms with Crippen molar-refractivity contribution in [3.8, 4) is 0 Å². The van der Waals surface area contributed by atoms with Crippen LogP contribution < -0.4 is 5.32 Å². The Bertz CT molecular complexity index is 57.4. The summed E-state index contributed by atoms with van der Waals surface area (Å²) in [6.07, 6.45) is 1.74. The van der Waals surface area contributed by atoms with E-state index >= 15 is 0 Å². The lowest BCUT2D eigenvalue weighted by atomic mass is 10.7.